The first kappa shape index (κ1) is 29.9. The Morgan fingerprint density at radius 3 is 2.38 bits per heavy atom. The van der Waals surface area contributed by atoms with Crippen molar-refractivity contribution in [1.29, 1.82) is 0 Å². The van der Waals surface area contributed by atoms with Crippen molar-refractivity contribution in [3.63, 3.8) is 0 Å². The number of hydrogen-bond acceptors (Lipinski definition) is 4. The summed E-state index contributed by atoms with van der Waals surface area (Å²) in [5.41, 5.74) is 3.52. The lowest BCUT2D eigenvalue weighted by atomic mass is 9.98. The van der Waals surface area contributed by atoms with E-state index < -0.39 is 21.9 Å². The summed E-state index contributed by atoms with van der Waals surface area (Å²) in [7, 11) is -1.01. The summed E-state index contributed by atoms with van der Waals surface area (Å²) in [5.74, 6) is -0.876. The highest BCUT2D eigenvalue weighted by atomic mass is 35.5. The van der Waals surface area contributed by atoms with Crippen molar-refractivity contribution in [1.82, 2.24) is 23.7 Å². The van der Waals surface area contributed by atoms with Crippen LogP contribution in [0.4, 0.5) is 4.39 Å². The number of halogens is 3. The van der Waals surface area contributed by atoms with Crippen LogP contribution < -0.4 is 5.32 Å². The molecule has 0 spiro atoms. The number of carbonyl (C=O) groups is 1. The molecule has 1 aromatic heterocycles. The molecule has 0 saturated carbocycles. The maximum Gasteiger partial charge on any atom is 0.282 e. The monoisotopic (exact) mass is 627 g/mol. The molecular weight excluding hydrogens is 600 g/mol. The standard InChI is InChI=1S/C30H28Cl2FN5O3S/c1-19(21-7-5-4-6-8-21)34-30(39)28-25-18-37(42(40,41)36(2)3)17-22(15-20-9-12-24(33)13-10-20)29(25)38(35-28)27-14-11-23(31)16-26(27)32/h4-16,19H,17-18H2,1-3H3,(H,34,39)/t19-/m1/s1. The predicted octanol–water partition coefficient (Wildman–Crippen LogP) is 5.97. The second-order valence-corrected chi connectivity index (χ2v) is 13.1. The van der Waals surface area contributed by atoms with Crippen LogP contribution in [0.25, 0.3) is 17.3 Å². The van der Waals surface area contributed by atoms with E-state index in [1.807, 2.05) is 37.3 Å². The van der Waals surface area contributed by atoms with Crippen molar-refractivity contribution >= 4 is 51.0 Å². The number of nitrogens with zero attached hydrogens (tertiary/aromatic N) is 4. The first-order chi connectivity index (χ1) is 20.0. The van der Waals surface area contributed by atoms with E-state index in [1.54, 1.807) is 41.1 Å². The minimum absolute atomic E-state index is 0.0245. The first-order valence-corrected chi connectivity index (χ1v) is 15.2. The number of carbonyl (C=O) groups excluding carboxylic acids is 1. The van der Waals surface area contributed by atoms with Crippen molar-refractivity contribution < 1.29 is 17.6 Å². The van der Waals surface area contributed by atoms with Crippen LogP contribution in [0.1, 0.15) is 45.8 Å². The van der Waals surface area contributed by atoms with Crippen LogP contribution in [0.15, 0.2) is 72.8 Å². The Morgan fingerprint density at radius 1 is 1.05 bits per heavy atom. The molecule has 0 bridgehead atoms. The summed E-state index contributed by atoms with van der Waals surface area (Å²) in [6.07, 6.45) is 1.76. The molecule has 8 nitrogen and oxygen atoms in total. The van der Waals surface area contributed by atoms with Gasteiger partial charge in [0.2, 0.25) is 0 Å². The largest absolute Gasteiger partial charge is 0.344 e. The van der Waals surface area contributed by atoms with Crippen LogP contribution in [0, 0.1) is 5.82 Å². The molecule has 1 amide bonds. The van der Waals surface area contributed by atoms with E-state index >= 15 is 0 Å². The smallest absolute Gasteiger partial charge is 0.282 e. The third kappa shape index (κ3) is 5.99. The van der Waals surface area contributed by atoms with E-state index in [2.05, 4.69) is 5.32 Å². The highest BCUT2D eigenvalue weighted by Crippen LogP contribution is 2.37. The van der Waals surface area contributed by atoms with Gasteiger partial charge in [0.25, 0.3) is 16.1 Å². The van der Waals surface area contributed by atoms with Gasteiger partial charge in [0.15, 0.2) is 5.69 Å². The summed E-state index contributed by atoms with van der Waals surface area (Å²) in [6.45, 7) is 1.73. The van der Waals surface area contributed by atoms with Crippen LogP contribution in [-0.2, 0) is 16.8 Å². The Bertz CT molecular complexity index is 1770. The first-order valence-electron chi connectivity index (χ1n) is 13.0. The Kier molecular flexibility index (Phi) is 8.54. The van der Waals surface area contributed by atoms with E-state index in [1.165, 1.54) is 30.5 Å². The fraction of sp³-hybridized carbons (Fsp3) is 0.200. The van der Waals surface area contributed by atoms with Gasteiger partial charge in [-0.2, -0.15) is 22.1 Å². The zero-order valence-corrected chi connectivity index (χ0v) is 25.4. The van der Waals surface area contributed by atoms with E-state index in [4.69, 9.17) is 28.3 Å². The molecule has 2 heterocycles. The Labute approximate surface area is 254 Å². The van der Waals surface area contributed by atoms with Crippen molar-refractivity contribution in [3.8, 4) is 5.69 Å². The molecule has 1 N–H and O–H groups in total. The van der Waals surface area contributed by atoms with E-state index in [9.17, 15) is 17.6 Å². The number of amides is 1. The number of benzene rings is 3. The average molecular weight is 629 g/mol. The van der Waals surface area contributed by atoms with Gasteiger partial charge < -0.3 is 5.32 Å². The van der Waals surface area contributed by atoms with Crippen molar-refractivity contribution in [2.75, 3.05) is 20.6 Å². The third-order valence-electron chi connectivity index (χ3n) is 6.97. The van der Waals surface area contributed by atoms with Crippen molar-refractivity contribution in [3.05, 3.63) is 117 Å². The summed E-state index contributed by atoms with van der Waals surface area (Å²) in [4.78, 5) is 13.8. The number of hydrogen-bond donors (Lipinski definition) is 1. The van der Waals surface area contributed by atoms with Gasteiger partial charge in [0.05, 0.1) is 22.4 Å². The molecule has 0 fully saturated rings. The SMILES string of the molecule is C[C@@H](NC(=O)c1nn(-c2ccc(Cl)cc2Cl)c2c1CN(S(=O)(=O)N(C)C)CC2=Cc1ccc(F)cc1)c1ccccc1. The van der Waals surface area contributed by atoms with Gasteiger partial charge in [-0.05, 0) is 60.0 Å². The average Bonchev–Trinajstić information content (AvgIpc) is 3.34. The minimum atomic E-state index is -3.90. The van der Waals surface area contributed by atoms with Gasteiger partial charge >= 0.3 is 0 Å². The number of nitrogens with one attached hydrogen (secondary N) is 1. The van der Waals surface area contributed by atoms with Gasteiger partial charge in [-0.15, -0.1) is 0 Å². The molecule has 4 aromatic rings. The molecule has 12 heteroatoms. The molecule has 3 aromatic carbocycles. The van der Waals surface area contributed by atoms with Gasteiger partial charge in [0.1, 0.15) is 5.82 Å². The summed E-state index contributed by atoms with van der Waals surface area (Å²) in [5, 5.41) is 8.41. The minimum Gasteiger partial charge on any atom is -0.344 e. The zero-order chi connectivity index (χ0) is 30.2. The molecule has 218 valence electrons. The fourth-order valence-corrected chi connectivity index (χ4v) is 6.34. The van der Waals surface area contributed by atoms with Crippen LogP contribution in [0.2, 0.25) is 10.0 Å². The van der Waals surface area contributed by atoms with Gasteiger partial charge in [-0.25, -0.2) is 9.07 Å². The molecule has 1 aliphatic heterocycles. The highest BCUT2D eigenvalue weighted by Gasteiger charge is 2.37. The topological polar surface area (TPSA) is 87.5 Å². The Hall–Kier alpha value is -3.54. The van der Waals surface area contributed by atoms with Crippen LogP contribution >= 0.6 is 23.2 Å². The molecular formula is C30H28Cl2FN5O3S. The lowest BCUT2D eigenvalue weighted by Gasteiger charge is -2.31. The molecule has 42 heavy (non-hydrogen) atoms. The Balaban J connectivity index is 1.72. The molecule has 5 rings (SSSR count). The molecule has 0 unspecified atom stereocenters. The van der Waals surface area contributed by atoms with Crippen LogP contribution in [0.5, 0.6) is 0 Å². The zero-order valence-electron chi connectivity index (χ0n) is 23.1. The maximum absolute atomic E-state index is 13.8. The van der Waals surface area contributed by atoms with Crippen molar-refractivity contribution in [2.45, 2.75) is 19.5 Å². The lowest BCUT2D eigenvalue weighted by molar-refractivity contribution is 0.0933. The quantitative estimate of drug-likeness (QED) is 0.273. The molecule has 1 atom stereocenters. The van der Waals surface area contributed by atoms with Gasteiger partial charge in [-0.1, -0.05) is 65.7 Å². The predicted molar refractivity (Wildman–Crippen MR) is 163 cm³/mol. The van der Waals surface area contributed by atoms with Crippen LogP contribution in [0.3, 0.4) is 0 Å². The summed E-state index contributed by atoms with van der Waals surface area (Å²) >= 11 is 12.8. The molecule has 0 radical (unpaired) electrons. The fourth-order valence-electron chi connectivity index (χ4n) is 4.80. The third-order valence-corrected chi connectivity index (χ3v) is 9.34. The van der Waals surface area contributed by atoms with E-state index in [0.29, 0.717) is 38.1 Å². The summed E-state index contributed by atoms with van der Waals surface area (Å²) < 4.78 is 44.4. The lowest BCUT2D eigenvalue weighted by Crippen LogP contribution is -2.43. The maximum atomic E-state index is 13.8. The van der Waals surface area contributed by atoms with Gasteiger partial charge in [0, 0.05) is 37.8 Å². The second-order valence-electron chi connectivity index (χ2n) is 10.1. The molecule has 1 aliphatic rings. The molecule has 0 saturated heterocycles. The normalized spacial score (nSPS) is 15.5. The van der Waals surface area contributed by atoms with E-state index in [-0.39, 0.29) is 24.8 Å². The summed E-state index contributed by atoms with van der Waals surface area (Å²) in [6, 6.07) is 19.8. The Morgan fingerprint density at radius 2 is 1.74 bits per heavy atom. The molecule has 0 aliphatic carbocycles. The number of aromatic nitrogens is 2. The highest BCUT2D eigenvalue weighted by molar-refractivity contribution is 7.86. The second kappa shape index (κ2) is 12.0. The van der Waals surface area contributed by atoms with E-state index in [0.717, 1.165) is 9.87 Å². The van der Waals surface area contributed by atoms with Crippen molar-refractivity contribution in [2.24, 2.45) is 0 Å². The van der Waals surface area contributed by atoms with Gasteiger partial charge in [-0.3, -0.25) is 4.79 Å². The van der Waals surface area contributed by atoms with Crippen LogP contribution in [-0.4, -0.2) is 53.4 Å². The number of fused-ring (bicyclic) bond motifs is 1. The number of rotatable bonds is 7.